The van der Waals surface area contributed by atoms with Crippen molar-refractivity contribution in [2.75, 3.05) is 10.6 Å². The van der Waals surface area contributed by atoms with E-state index in [0.29, 0.717) is 11.6 Å². The van der Waals surface area contributed by atoms with Gasteiger partial charge >= 0.3 is 6.03 Å². The van der Waals surface area contributed by atoms with E-state index in [9.17, 15) is 4.79 Å². The predicted molar refractivity (Wildman–Crippen MR) is 70.3 cm³/mol. The molecule has 1 unspecified atom stereocenters. The predicted octanol–water partition coefficient (Wildman–Crippen LogP) is 2.07. The van der Waals surface area contributed by atoms with Crippen molar-refractivity contribution in [2.45, 2.75) is 13.0 Å². The molecule has 0 spiro atoms. The number of nitrogens with two attached hydrogens (primary N) is 1. The zero-order valence-electron chi connectivity index (χ0n) is 9.97. The number of aromatic nitrogens is 2. The molecular weight excluding hydrogens is 230 g/mol. The van der Waals surface area contributed by atoms with E-state index in [0.717, 1.165) is 5.56 Å². The molecule has 0 saturated carbocycles. The number of carbonyl (C=O) groups is 1. The molecule has 6 nitrogen and oxygen atoms in total. The second-order valence-corrected chi connectivity index (χ2v) is 3.93. The molecule has 0 radical (unpaired) electrons. The molecule has 0 aliphatic rings. The topological polar surface area (TPSA) is 95.8 Å². The Kier molecular flexibility index (Phi) is 3.59. The van der Waals surface area contributed by atoms with E-state index in [4.69, 9.17) is 5.73 Å². The normalized spacial score (nSPS) is 11.9. The average Bonchev–Trinajstić information content (AvgIpc) is 2.82. The molecular formula is C12H15N5O. The average molecular weight is 245 g/mol. The van der Waals surface area contributed by atoms with Gasteiger partial charge < -0.3 is 16.0 Å². The fraction of sp³-hybridized carbons (Fsp3) is 0.167. The first kappa shape index (κ1) is 12.1. The number of nitrogens with one attached hydrogen (secondary N) is 3. The van der Waals surface area contributed by atoms with E-state index in [-0.39, 0.29) is 12.1 Å². The maximum atomic E-state index is 11.6. The Balaban J connectivity index is 2.00. The van der Waals surface area contributed by atoms with Gasteiger partial charge in [0.05, 0.1) is 0 Å². The molecule has 1 aromatic heterocycles. The first-order valence-corrected chi connectivity index (χ1v) is 5.58. The van der Waals surface area contributed by atoms with Gasteiger partial charge in [-0.25, -0.2) is 9.78 Å². The fourth-order valence-corrected chi connectivity index (χ4v) is 1.50. The van der Waals surface area contributed by atoms with Gasteiger partial charge in [-0.1, -0.05) is 12.1 Å². The van der Waals surface area contributed by atoms with Crippen LogP contribution in [0.5, 0.6) is 0 Å². The smallest absolute Gasteiger partial charge is 0.326 e. The van der Waals surface area contributed by atoms with Crippen molar-refractivity contribution in [3.8, 4) is 0 Å². The monoisotopic (exact) mass is 245 g/mol. The SMILES string of the molecule is CC(N)c1cccc(NC(=O)Nc2ncc[nH]2)c1. The minimum absolute atomic E-state index is 0.0696. The number of anilines is 2. The van der Waals surface area contributed by atoms with Gasteiger partial charge in [-0.05, 0) is 24.6 Å². The zero-order valence-corrected chi connectivity index (χ0v) is 9.97. The van der Waals surface area contributed by atoms with Crippen molar-refractivity contribution >= 4 is 17.7 Å². The highest BCUT2D eigenvalue weighted by atomic mass is 16.2. The first-order chi connectivity index (χ1) is 8.65. The van der Waals surface area contributed by atoms with Crippen LogP contribution >= 0.6 is 0 Å². The number of hydrogen-bond donors (Lipinski definition) is 4. The van der Waals surface area contributed by atoms with Gasteiger partial charge in [0.2, 0.25) is 5.95 Å². The number of benzene rings is 1. The second kappa shape index (κ2) is 5.33. The van der Waals surface area contributed by atoms with Gasteiger partial charge in [0.1, 0.15) is 0 Å². The highest BCUT2D eigenvalue weighted by Gasteiger charge is 2.05. The Morgan fingerprint density at radius 3 is 2.94 bits per heavy atom. The van der Waals surface area contributed by atoms with E-state index in [1.54, 1.807) is 18.5 Å². The number of H-pyrrole nitrogens is 1. The molecule has 0 bridgehead atoms. The summed E-state index contributed by atoms with van der Waals surface area (Å²) in [4.78, 5) is 18.3. The largest absolute Gasteiger partial charge is 0.331 e. The van der Waals surface area contributed by atoms with Crippen LogP contribution in [0.3, 0.4) is 0 Å². The molecule has 0 saturated heterocycles. The Bertz CT molecular complexity index is 521. The van der Waals surface area contributed by atoms with Crippen LogP contribution in [-0.2, 0) is 0 Å². The van der Waals surface area contributed by atoms with Crippen LogP contribution in [0.4, 0.5) is 16.4 Å². The van der Waals surface area contributed by atoms with Crippen molar-refractivity contribution in [1.82, 2.24) is 9.97 Å². The van der Waals surface area contributed by atoms with Crippen molar-refractivity contribution in [3.05, 3.63) is 42.2 Å². The van der Waals surface area contributed by atoms with Crippen LogP contribution < -0.4 is 16.4 Å². The van der Waals surface area contributed by atoms with Crippen LogP contribution in [0.1, 0.15) is 18.5 Å². The molecule has 1 atom stereocenters. The van der Waals surface area contributed by atoms with Crippen molar-refractivity contribution in [1.29, 1.82) is 0 Å². The highest BCUT2D eigenvalue weighted by molar-refractivity contribution is 5.98. The van der Waals surface area contributed by atoms with Crippen LogP contribution in [0.2, 0.25) is 0 Å². The molecule has 0 aliphatic heterocycles. The molecule has 0 fully saturated rings. The molecule has 6 heteroatoms. The minimum Gasteiger partial charge on any atom is -0.331 e. The Morgan fingerprint density at radius 1 is 1.44 bits per heavy atom. The molecule has 18 heavy (non-hydrogen) atoms. The maximum absolute atomic E-state index is 11.6. The number of nitrogens with zero attached hydrogens (tertiary/aromatic N) is 1. The van der Waals surface area contributed by atoms with Gasteiger partial charge in [-0.2, -0.15) is 0 Å². The second-order valence-electron chi connectivity index (χ2n) is 3.93. The Hall–Kier alpha value is -2.34. The summed E-state index contributed by atoms with van der Waals surface area (Å²) >= 11 is 0. The summed E-state index contributed by atoms with van der Waals surface area (Å²) in [6.07, 6.45) is 3.19. The third-order valence-corrected chi connectivity index (χ3v) is 2.40. The van der Waals surface area contributed by atoms with Crippen LogP contribution in [0.25, 0.3) is 0 Å². The standard InChI is InChI=1S/C12H15N5O/c1-8(13)9-3-2-4-10(7-9)16-12(18)17-11-14-5-6-15-11/h2-8H,13H2,1H3,(H3,14,15,16,17,18). The number of carbonyl (C=O) groups excluding carboxylic acids is 1. The highest BCUT2D eigenvalue weighted by Crippen LogP contribution is 2.15. The van der Waals surface area contributed by atoms with Gasteiger partial charge in [-0.15, -0.1) is 0 Å². The van der Waals surface area contributed by atoms with E-state index in [1.807, 2.05) is 25.1 Å². The lowest BCUT2D eigenvalue weighted by Crippen LogP contribution is -2.20. The van der Waals surface area contributed by atoms with E-state index < -0.39 is 0 Å². The van der Waals surface area contributed by atoms with E-state index in [2.05, 4.69) is 20.6 Å². The van der Waals surface area contributed by atoms with Crippen LogP contribution in [0, 0.1) is 0 Å². The number of aromatic amines is 1. The summed E-state index contributed by atoms with van der Waals surface area (Å²) < 4.78 is 0. The summed E-state index contributed by atoms with van der Waals surface area (Å²) in [7, 11) is 0. The molecule has 1 aromatic carbocycles. The molecule has 2 aromatic rings. The van der Waals surface area contributed by atoms with Gasteiger partial charge in [0, 0.05) is 24.1 Å². The Morgan fingerprint density at radius 2 is 2.28 bits per heavy atom. The van der Waals surface area contributed by atoms with Gasteiger partial charge in [0.25, 0.3) is 0 Å². The summed E-state index contributed by atoms with van der Waals surface area (Å²) in [5.41, 5.74) is 7.43. The zero-order chi connectivity index (χ0) is 13.0. The van der Waals surface area contributed by atoms with Crippen molar-refractivity contribution in [2.24, 2.45) is 5.73 Å². The van der Waals surface area contributed by atoms with Gasteiger partial charge in [-0.3, -0.25) is 5.32 Å². The molecule has 5 N–H and O–H groups in total. The fourth-order valence-electron chi connectivity index (χ4n) is 1.50. The molecule has 1 heterocycles. The lowest BCUT2D eigenvalue weighted by molar-refractivity contribution is 0.262. The molecule has 2 rings (SSSR count). The number of imidazole rings is 1. The number of rotatable bonds is 3. The number of amides is 2. The molecule has 94 valence electrons. The van der Waals surface area contributed by atoms with E-state index in [1.165, 1.54) is 0 Å². The lowest BCUT2D eigenvalue weighted by atomic mass is 10.1. The van der Waals surface area contributed by atoms with Crippen molar-refractivity contribution in [3.63, 3.8) is 0 Å². The first-order valence-electron chi connectivity index (χ1n) is 5.58. The molecule has 2 amide bonds. The summed E-state index contributed by atoms with van der Waals surface area (Å²) in [6, 6.07) is 6.98. The van der Waals surface area contributed by atoms with Crippen molar-refractivity contribution < 1.29 is 4.79 Å². The summed E-state index contributed by atoms with van der Waals surface area (Å²) in [5.74, 6) is 0.399. The minimum atomic E-state index is -0.355. The number of urea groups is 1. The Labute approximate surface area is 105 Å². The number of hydrogen-bond acceptors (Lipinski definition) is 3. The quantitative estimate of drug-likeness (QED) is 0.666. The van der Waals surface area contributed by atoms with E-state index >= 15 is 0 Å². The third-order valence-electron chi connectivity index (χ3n) is 2.40. The summed E-state index contributed by atoms with van der Waals surface area (Å²) in [5, 5.41) is 5.28. The summed E-state index contributed by atoms with van der Waals surface area (Å²) in [6.45, 7) is 1.89. The van der Waals surface area contributed by atoms with Crippen LogP contribution in [0.15, 0.2) is 36.7 Å². The lowest BCUT2D eigenvalue weighted by Gasteiger charge is -2.09. The third kappa shape index (κ3) is 3.08. The van der Waals surface area contributed by atoms with Gasteiger partial charge in [0.15, 0.2) is 0 Å². The van der Waals surface area contributed by atoms with Crippen LogP contribution in [-0.4, -0.2) is 16.0 Å². The maximum Gasteiger partial charge on any atom is 0.326 e. The molecule has 0 aliphatic carbocycles.